The Morgan fingerprint density at radius 3 is 2.44 bits per heavy atom. The van der Waals surface area contributed by atoms with E-state index in [4.69, 9.17) is 0 Å². The zero-order valence-corrected chi connectivity index (χ0v) is 17.9. The number of para-hydroxylation sites is 1. The zero-order valence-electron chi connectivity index (χ0n) is 16.3. The Labute approximate surface area is 166 Å². The van der Waals surface area contributed by atoms with Crippen molar-refractivity contribution in [1.29, 1.82) is 0 Å². The highest BCUT2D eigenvalue weighted by Crippen LogP contribution is 2.43. The van der Waals surface area contributed by atoms with Gasteiger partial charge in [0.05, 0.1) is 17.5 Å². The van der Waals surface area contributed by atoms with Gasteiger partial charge in [0.25, 0.3) is 0 Å². The summed E-state index contributed by atoms with van der Waals surface area (Å²) in [5.74, 6) is 0.185. The van der Waals surface area contributed by atoms with Crippen LogP contribution in [0.25, 0.3) is 0 Å². The highest BCUT2D eigenvalue weighted by atomic mass is 32.2. The number of hydrogen-bond donors (Lipinski definition) is 0. The van der Waals surface area contributed by atoms with Crippen molar-refractivity contribution in [2.75, 3.05) is 16.4 Å². The van der Waals surface area contributed by atoms with Crippen molar-refractivity contribution in [3.8, 4) is 0 Å². The van der Waals surface area contributed by atoms with Gasteiger partial charge in [-0.25, -0.2) is 8.42 Å². The first kappa shape index (κ1) is 20.4. The number of benzene rings is 1. The van der Waals surface area contributed by atoms with Crippen LogP contribution < -0.4 is 4.90 Å². The minimum absolute atomic E-state index is 0.0534. The second-order valence-corrected chi connectivity index (χ2v) is 10.6. The molecule has 0 bridgehead atoms. The molecule has 2 atom stereocenters. The molecule has 5 nitrogen and oxygen atoms in total. The maximum atomic E-state index is 12.3. The standard InChI is InChI=1S/C20H28N2O3S2/c1-4-7-11-18(23)21-20-22(16-12-27(24,25)13-17(16)26-20)19-14(5-2)9-8-10-15(19)6-3/h8-10,16-17H,4-7,11-13H2,1-3H3/t16-,17-/m0/s1. The molecule has 2 fully saturated rings. The van der Waals surface area contributed by atoms with E-state index in [0.717, 1.165) is 31.4 Å². The topological polar surface area (TPSA) is 66.8 Å². The van der Waals surface area contributed by atoms with Gasteiger partial charge in [-0.1, -0.05) is 57.2 Å². The molecule has 1 aromatic rings. The summed E-state index contributed by atoms with van der Waals surface area (Å²) in [7, 11) is -3.05. The molecule has 1 aromatic carbocycles. The summed E-state index contributed by atoms with van der Waals surface area (Å²) in [6.45, 7) is 6.26. The van der Waals surface area contributed by atoms with Crippen LogP contribution in [-0.2, 0) is 27.5 Å². The maximum Gasteiger partial charge on any atom is 0.248 e. The number of aryl methyl sites for hydroxylation is 2. The van der Waals surface area contributed by atoms with Crippen LogP contribution in [0, 0.1) is 0 Å². The second kappa shape index (κ2) is 8.35. The predicted octanol–water partition coefficient (Wildman–Crippen LogP) is 3.60. The molecule has 0 aromatic heterocycles. The molecule has 2 heterocycles. The first-order valence-corrected chi connectivity index (χ1v) is 12.5. The van der Waals surface area contributed by atoms with E-state index in [1.54, 1.807) is 0 Å². The number of rotatable bonds is 6. The van der Waals surface area contributed by atoms with Crippen LogP contribution in [0.5, 0.6) is 0 Å². The van der Waals surface area contributed by atoms with Crippen LogP contribution in [0.4, 0.5) is 5.69 Å². The minimum atomic E-state index is -3.05. The highest BCUT2D eigenvalue weighted by molar-refractivity contribution is 8.16. The summed E-state index contributed by atoms with van der Waals surface area (Å²) in [4.78, 5) is 18.8. The van der Waals surface area contributed by atoms with E-state index in [9.17, 15) is 13.2 Å². The van der Waals surface area contributed by atoms with E-state index in [2.05, 4.69) is 48.9 Å². The molecular formula is C20H28N2O3S2. The van der Waals surface area contributed by atoms with Gasteiger partial charge < -0.3 is 4.90 Å². The summed E-state index contributed by atoms with van der Waals surface area (Å²) >= 11 is 1.46. The van der Waals surface area contributed by atoms with E-state index >= 15 is 0 Å². The maximum absolute atomic E-state index is 12.3. The third kappa shape index (κ3) is 4.24. The lowest BCUT2D eigenvalue weighted by molar-refractivity contribution is -0.117. The van der Waals surface area contributed by atoms with E-state index in [-0.39, 0.29) is 28.7 Å². The number of fused-ring (bicyclic) bond motifs is 1. The second-order valence-electron chi connectivity index (χ2n) is 7.19. The molecule has 2 aliphatic heterocycles. The van der Waals surface area contributed by atoms with Gasteiger partial charge in [-0.3, -0.25) is 4.79 Å². The Bertz CT molecular complexity index is 827. The fourth-order valence-corrected chi connectivity index (χ4v) is 7.76. The van der Waals surface area contributed by atoms with Gasteiger partial charge in [0, 0.05) is 17.4 Å². The van der Waals surface area contributed by atoms with Crippen molar-refractivity contribution in [3.63, 3.8) is 0 Å². The molecule has 0 N–H and O–H groups in total. The molecule has 148 valence electrons. The van der Waals surface area contributed by atoms with Crippen molar-refractivity contribution in [1.82, 2.24) is 0 Å². The first-order chi connectivity index (χ1) is 12.9. The molecule has 2 saturated heterocycles. The molecule has 0 saturated carbocycles. The fraction of sp³-hybridized carbons (Fsp3) is 0.600. The van der Waals surface area contributed by atoms with Crippen molar-refractivity contribution >= 4 is 38.4 Å². The number of hydrogen-bond acceptors (Lipinski definition) is 4. The number of sulfone groups is 1. The predicted molar refractivity (Wildman–Crippen MR) is 113 cm³/mol. The van der Waals surface area contributed by atoms with Crippen molar-refractivity contribution < 1.29 is 13.2 Å². The van der Waals surface area contributed by atoms with Gasteiger partial charge in [0.2, 0.25) is 5.91 Å². The highest BCUT2D eigenvalue weighted by Gasteiger charge is 2.50. The lowest BCUT2D eigenvalue weighted by Gasteiger charge is -2.29. The average Bonchev–Trinajstić information content (AvgIpc) is 3.09. The average molecular weight is 409 g/mol. The van der Waals surface area contributed by atoms with E-state index < -0.39 is 9.84 Å². The molecule has 2 aliphatic rings. The van der Waals surface area contributed by atoms with Crippen molar-refractivity contribution in [3.05, 3.63) is 29.3 Å². The number of thioether (sulfide) groups is 1. The van der Waals surface area contributed by atoms with Crippen LogP contribution in [0.2, 0.25) is 0 Å². The number of aliphatic imine (C=N–C) groups is 1. The number of carbonyl (C=O) groups excluding carboxylic acids is 1. The Balaban J connectivity index is 2.07. The van der Waals surface area contributed by atoms with Gasteiger partial charge in [-0.15, -0.1) is 0 Å². The molecular weight excluding hydrogens is 380 g/mol. The molecule has 0 radical (unpaired) electrons. The van der Waals surface area contributed by atoms with Crippen LogP contribution in [0.15, 0.2) is 23.2 Å². The Morgan fingerprint density at radius 2 is 1.85 bits per heavy atom. The normalized spacial score (nSPS) is 25.1. The van der Waals surface area contributed by atoms with Crippen LogP contribution in [-0.4, -0.2) is 42.3 Å². The summed E-state index contributed by atoms with van der Waals surface area (Å²) in [5.41, 5.74) is 3.41. The van der Waals surface area contributed by atoms with E-state index in [0.29, 0.717) is 11.6 Å². The van der Waals surface area contributed by atoms with Gasteiger partial charge in [0.15, 0.2) is 15.0 Å². The largest absolute Gasteiger partial charge is 0.315 e. The number of amidine groups is 1. The van der Waals surface area contributed by atoms with Gasteiger partial charge in [-0.05, 0) is 30.4 Å². The smallest absolute Gasteiger partial charge is 0.248 e. The third-order valence-corrected chi connectivity index (χ3v) is 8.45. The van der Waals surface area contributed by atoms with Gasteiger partial charge in [0.1, 0.15) is 0 Å². The summed E-state index contributed by atoms with van der Waals surface area (Å²) in [6, 6.07) is 6.09. The summed E-state index contributed by atoms with van der Waals surface area (Å²) in [6.07, 6.45) is 3.93. The Hall–Kier alpha value is -1.34. The fourth-order valence-electron chi connectivity index (χ4n) is 3.84. The monoisotopic (exact) mass is 408 g/mol. The van der Waals surface area contributed by atoms with Gasteiger partial charge >= 0.3 is 0 Å². The number of carbonyl (C=O) groups is 1. The molecule has 0 spiro atoms. The van der Waals surface area contributed by atoms with Crippen LogP contribution >= 0.6 is 11.8 Å². The molecule has 1 amide bonds. The Morgan fingerprint density at radius 1 is 1.19 bits per heavy atom. The molecule has 27 heavy (non-hydrogen) atoms. The summed E-state index contributed by atoms with van der Waals surface area (Å²) < 4.78 is 24.5. The minimum Gasteiger partial charge on any atom is -0.315 e. The number of anilines is 1. The summed E-state index contributed by atoms with van der Waals surface area (Å²) in [5, 5.41) is 0.624. The van der Waals surface area contributed by atoms with Gasteiger partial charge in [-0.2, -0.15) is 4.99 Å². The number of amides is 1. The van der Waals surface area contributed by atoms with Crippen LogP contribution in [0.3, 0.4) is 0 Å². The van der Waals surface area contributed by atoms with E-state index in [1.807, 2.05) is 0 Å². The quantitative estimate of drug-likeness (QED) is 0.719. The SMILES string of the molecule is CCCCC(=O)N=C1S[C@H]2CS(=O)(=O)C[C@@H]2N1c1c(CC)cccc1CC. The van der Waals surface area contributed by atoms with E-state index in [1.165, 1.54) is 22.9 Å². The van der Waals surface area contributed by atoms with Crippen LogP contribution in [0.1, 0.15) is 51.2 Å². The third-order valence-electron chi connectivity index (χ3n) is 5.24. The molecule has 3 rings (SSSR count). The lowest BCUT2D eigenvalue weighted by atomic mass is 10.0. The van der Waals surface area contributed by atoms with Crippen molar-refractivity contribution in [2.24, 2.45) is 4.99 Å². The molecule has 0 aliphatic carbocycles. The molecule has 0 unspecified atom stereocenters. The Kier molecular flexibility index (Phi) is 6.31. The zero-order chi connectivity index (χ0) is 19.6. The number of unbranched alkanes of at least 4 members (excludes halogenated alkanes) is 1. The number of nitrogens with zero attached hydrogens (tertiary/aromatic N) is 2. The first-order valence-electron chi connectivity index (χ1n) is 9.78. The van der Waals surface area contributed by atoms with Crippen molar-refractivity contribution in [2.45, 2.75) is 64.2 Å². The molecule has 7 heteroatoms. The lowest BCUT2D eigenvalue weighted by Crippen LogP contribution is -2.39.